The van der Waals surface area contributed by atoms with E-state index < -0.39 is 11.7 Å². The normalized spacial score (nSPS) is 16.9. The van der Waals surface area contributed by atoms with Gasteiger partial charge < -0.3 is 5.73 Å². The van der Waals surface area contributed by atoms with Gasteiger partial charge in [-0.1, -0.05) is 19.3 Å². The molecule has 1 aromatic carbocycles. The summed E-state index contributed by atoms with van der Waals surface area (Å²) in [5.41, 5.74) is 5.67. The fourth-order valence-corrected chi connectivity index (χ4v) is 4.13. The van der Waals surface area contributed by atoms with Crippen molar-refractivity contribution in [2.45, 2.75) is 56.0 Å². The Kier molecular flexibility index (Phi) is 6.63. The van der Waals surface area contributed by atoms with Gasteiger partial charge in [0.2, 0.25) is 0 Å². The van der Waals surface area contributed by atoms with Crippen LogP contribution in [0.5, 0.6) is 0 Å². The Labute approximate surface area is 134 Å². The minimum absolute atomic E-state index is 0.501. The lowest BCUT2D eigenvalue weighted by atomic mass is 9.91. The van der Waals surface area contributed by atoms with E-state index in [1.54, 1.807) is 11.8 Å². The van der Waals surface area contributed by atoms with Gasteiger partial charge in [-0.25, -0.2) is 0 Å². The van der Waals surface area contributed by atoms with Crippen molar-refractivity contribution < 1.29 is 13.2 Å². The number of nitrogens with two attached hydrogens (primary N) is 1. The summed E-state index contributed by atoms with van der Waals surface area (Å²) < 4.78 is 39.1. The zero-order valence-electron chi connectivity index (χ0n) is 12.8. The van der Waals surface area contributed by atoms with Crippen LogP contribution in [0.3, 0.4) is 0 Å². The van der Waals surface area contributed by atoms with Crippen LogP contribution in [0.2, 0.25) is 0 Å². The molecule has 2 rings (SSSR count). The predicted molar refractivity (Wildman–Crippen MR) is 86.1 cm³/mol. The fraction of sp³-hybridized carbons (Fsp3) is 0.647. The molecule has 0 bridgehead atoms. The highest BCUT2D eigenvalue weighted by Crippen LogP contribution is 2.35. The molecule has 1 nitrogen and oxygen atoms in total. The number of aryl methyl sites for hydroxylation is 1. The summed E-state index contributed by atoms with van der Waals surface area (Å²) in [5.74, 6) is 1.58. The molecule has 0 unspecified atom stereocenters. The van der Waals surface area contributed by atoms with Gasteiger partial charge in [0.05, 0.1) is 5.56 Å². The number of halogens is 3. The van der Waals surface area contributed by atoms with E-state index in [4.69, 9.17) is 5.73 Å². The molecule has 124 valence electrons. The molecule has 0 atom stereocenters. The number of rotatable bonds is 6. The zero-order valence-corrected chi connectivity index (χ0v) is 13.6. The lowest BCUT2D eigenvalue weighted by molar-refractivity contribution is -0.137. The third-order valence-corrected chi connectivity index (χ3v) is 5.38. The Balaban J connectivity index is 2.07. The molecule has 5 heteroatoms. The van der Waals surface area contributed by atoms with E-state index in [0.29, 0.717) is 25.3 Å². The van der Waals surface area contributed by atoms with Gasteiger partial charge in [0.1, 0.15) is 0 Å². The van der Waals surface area contributed by atoms with E-state index >= 15 is 0 Å². The summed E-state index contributed by atoms with van der Waals surface area (Å²) in [4.78, 5) is 0.743. The van der Waals surface area contributed by atoms with Crippen LogP contribution in [0.1, 0.15) is 49.7 Å². The van der Waals surface area contributed by atoms with Gasteiger partial charge in [-0.3, -0.25) is 0 Å². The van der Waals surface area contributed by atoms with Crippen molar-refractivity contribution in [1.82, 2.24) is 0 Å². The molecule has 1 aromatic rings. The second-order valence-electron chi connectivity index (χ2n) is 6.07. The smallest absolute Gasteiger partial charge is 0.330 e. The molecule has 0 aliphatic heterocycles. The number of thioether (sulfide) groups is 1. The molecule has 1 saturated carbocycles. The van der Waals surface area contributed by atoms with Crippen LogP contribution < -0.4 is 5.73 Å². The predicted octanol–water partition coefficient (Wildman–Crippen LogP) is 5.27. The van der Waals surface area contributed by atoms with Crippen LogP contribution >= 0.6 is 11.8 Å². The van der Waals surface area contributed by atoms with Crippen LogP contribution in [0.15, 0.2) is 23.1 Å². The van der Waals surface area contributed by atoms with Crippen molar-refractivity contribution in [3.63, 3.8) is 0 Å². The van der Waals surface area contributed by atoms with Crippen molar-refractivity contribution in [2.24, 2.45) is 11.7 Å². The standard InChI is InChI=1S/C17H24F3NS/c18-17(19,20)15-9-14(7-4-8-21)10-16(11-15)22-12-13-5-2-1-3-6-13/h9-11,13H,1-8,12,21H2. The van der Waals surface area contributed by atoms with Crippen molar-refractivity contribution in [3.8, 4) is 0 Å². The lowest BCUT2D eigenvalue weighted by Gasteiger charge is -2.21. The van der Waals surface area contributed by atoms with E-state index in [1.165, 1.54) is 44.2 Å². The van der Waals surface area contributed by atoms with Crippen LogP contribution in [0.25, 0.3) is 0 Å². The third kappa shape index (κ3) is 5.51. The highest BCUT2D eigenvalue weighted by atomic mass is 32.2. The third-order valence-electron chi connectivity index (χ3n) is 4.17. The maximum absolute atomic E-state index is 13.0. The largest absolute Gasteiger partial charge is 0.416 e. The zero-order chi connectivity index (χ0) is 16.0. The van der Waals surface area contributed by atoms with Crippen molar-refractivity contribution in [1.29, 1.82) is 0 Å². The number of hydrogen-bond donors (Lipinski definition) is 1. The average Bonchev–Trinajstić information content (AvgIpc) is 2.51. The molecule has 0 amide bonds. The van der Waals surface area contributed by atoms with E-state index in [-0.39, 0.29) is 0 Å². The molecule has 0 radical (unpaired) electrons. The van der Waals surface area contributed by atoms with E-state index in [0.717, 1.165) is 16.2 Å². The van der Waals surface area contributed by atoms with Gasteiger partial charge in [0, 0.05) is 10.6 Å². The summed E-state index contributed by atoms with van der Waals surface area (Å²) in [6, 6.07) is 4.46. The first-order chi connectivity index (χ1) is 10.5. The minimum atomic E-state index is -4.28. The first-order valence-corrected chi connectivity index (χ1v) is 9.01. The first kappa shape index (κ1) is 17.7. The second-order valence-corrected chi connectivity index (χ2v) is 7.16. The van der Waals surface area contributed by atoms with Crippen LogP contribution in [-0.2, 0) is 12.6 Å². The molecule has 22 heavy (non-hydrogen) atoms. The van der Waals surface area contributed by atoms with Gasteiger partial charge in [0.15, 0.2) is 0 Å². The van der Waals surface area contributed by atoms with Gasteiger partial charge in [-0.2, -0.15) is 13.2 Å². The topological polar surface area (TPSA) is 26.0 Å². The monoisotopic (exact) mass is 331 g/mol. The molecule has 1 aliphatic carbocycles. The highest BCUT2D eigenvalue weighted by Gasteiger charge is 2.31. The SMILES string of the molecule is NCCCc1cc(SCC2CCCCC2)cc(C(F)(F)F)c1. The van der Waals surface area contributed by atoms with Gasteiger partial charge >= 0.3 is 6.18 Å². The highest BCUT2D eigenvalue weighted by molar-refractivity contribution is 7.99. The Morgan fingerprint density at radius 3 is 2.45 bits per heavy atom. The Morgan fingerprint density at radius 2 is 1.82 bits per heavy atom. The lowest BCUT2D eigenvalue weighted by Crippen LogP contribution is -2.09. The quantitative estimate of drug-likeness (QED) is 0.719. The molecule has 1 aliphatic rings. The Bertz CT molecular complexity index is 467. The van der Waals surface area contributed by atoms with Gasteiger partial charge in [-0.05, 0) is 61.9 Å². The Hall–Kier alpha value is -0.680. The number of benzene rings is 1. The first-order valence-electron chi connectivity index (χ1n) is 8.03. The molecule has 2 N–H and O–H groups in total. The molecular formula is C17H24F3NS. The van der Waals surface area contributed by atoms with Crippen LogP contribution in [0.4, 0.5) is 13.2 Å². The van der Waals surface area contributed by atoms with Crippen molar-refractivity contribution in [2.75, 3.05) is 12.3 Å². The van der Waals surface area contributed by atoms with Gasteiger partial charge in [0.25, 0.3) is 0 Å². The summed E-state index contributed by atoms with van der Waals surface area (Å²) in [6.45, 7) is 0.501. The average molecular weight is 331 g/mol. The molecule has 0 saturated heterocycles. The second kappa shape index (κ2) is 8.25. The van der Waals surface area contributed by atoms with Crippen molar-refractivity contribution in [3.05, 3.63) is 29.3 Å². The van der Waals surface area contributed by atoms with E-state index in [9.17, 15) is 13.2 Å². The molecular weight excluding hydrogens is 307 g/mol. The summed E-state index contributed by atoms with van der Waals surface area (Å²) >= 11 is 1.57. The van der Waals surface area contributed by atoms with Crippen LogP contribution in [-0.4, -0.2) is 12.3 Å². The number of alkyl halides is 3. The molecule has 0 aromatic heterocycles. The van der Waals surface area contributed by atoms with E-state index in [1.807, 2.05) is 6.07 Å². The molecule has 1 fully saturated rings. The van der Waals surface area contributed by atoms with Crippen molar-refractivity contribution >= 4 is 11.8 Å². The maximum atomic E-state index is 13.0. The summed E-state index contributed by atoms with van der Waals surface area (Å²) in [7, 11) is 0. The Morgan fingerprint density at radius 1 is 1.09 bits per heavy atom. The number of hydrogen-bond acceptors (Lipinski definition) is 2. The summed E-state index contributed by atoms with van der Waals surface area (Å²) in [5, 5.41) is 0. The van der Waals surface area contributed by atoms with E-state index in [2.05, 4.69) is 0 Å². The minimum Gasteiger partial charge on any atom is -0.330 e. The fourth-order valence-electron chi connectivity index (χ4n) is 2.93. The molecule has 0 heterocycles. The molecule has 0 spiro atoms. The van der Waals surface area contributed by atoms with Crippen LogP contribution in [0, 0.1) is 5.92 Å². The maximum Gasteiger partial charge on any atom is 0.416 e. The summed E-state index contributed by atoms with van der Waals surface area (Å²) in [6.07, 6.45) is 3.29. The van der Waals surface area contributed by atoms with Gasteiger partial charge in [-0.15, -0.1) is 11.8 Å².